The molecule has 0 fully saturated rings. The second-order valence-corrected chi connectivity index (χ2v) is 6.97. The minimum Gasteiger partial charge on any atom is -0.497 e. The fraction of sp³-hybridized carbons (Fsp3) is 0.250. The molecule has 0 bridgehead atoms. The van der Waals surface area contributed by atoms with Gasteiger partial charge in [-0.25, -0.2) is 0 Å². The Labute approximate surface area is 153 Å². The van der Waals surface area contributed by atoms with Crippen LogP contribution in [0.1, 0.15) is 26.3 Å². The van der Waals surface area contributed by atoms with Crippen molar-refractivity contribution in [3.8, 4) is 5.75 Å². The highest BCUT2D eigenvalue weighted by Gasteiger charge is 2.13. The van der Waals surface area contributed by atoms with Crippen molar-refractivity contribution < 1.29 is 4.74 Å². The fourth-order valence-electron chi connectivity index (χ4n) is 2.45. The predicted octanol–water partition coefficient (Wildman–Crippen LogP) is 4.66. The van der Waals surface area contributed by atoms with E-state index in [0.717, 1.165) is 17.1 Å². The SMILES string of the molecule is COc1cccc(Nc2cnnc(Nc3ccc(C(C)(C)C)cc3)n2)c1. The van der Waals surface area contributed by atoms with Crippen LogP contribution in [0.4, 0.5) is 23.1 Å². The molecule has 2 N–H and O–H groups in total. The number of nitrogens with one attached hydrogen (secondary N) is 2. The number of hydrogen-bond acceptors (Lipinski definition) is 6. The van der Waals surface area contributed by atoms with Crippen LogP contribution in [-0.2, 0) is 5.41 Å². The first-order valence-electron chi connectivity index (χ1n) is 8.42. The Morgan fingerprint density at radius 2 is 1.69 bits per heavy atom. The monoisotopic (exact) mass is 349 g/mol. The molecule has 1 aromatic heterocycles. The summed E-state index contributed by atoms with van der Waals surface area (Å²) in [7, 11) is 1.64. The van der Waals surface area contributed by atoms with Crippen molar-refractivity contribution in [2.75, 3.05) is 17.7 Å². The quantitative estimate of drug-likeness (QED) is 0.698. The molecule has 0 aliphatic carbocycles. The molecule has 0 aliphatic rings. The van der Waals surface area contributed by atoms with Gasteiger partial charge < -0.3 is 15.4 Å². The number of benzene rings is 2. The normalized spacial score (nSPS) is 11.1. The van der Waals surface area contributed by atoms with E-state index in [1.54, 1.807) is 13.3 Å². The average molecular weight is 349 g/mol. The highest BCUT2D eigenvalue weighted by atomic mass is 16.5. The highest BCUT2D eigenvalue weighted by Crippen LogP contribution is 2.25. The number of aromatic nitrogens is 3. The maximum absolute atomic E-state index is 5.23. The van der Waals surface area contributed by atoms with Crippen LogP contribution in [-0.4, -0.2) is 22.3 Å². The first-order valence-corrected chi connectivity index (χ1v) is 8.42. The third kappa shape index (κ3) is 4.47. The Balaban J connectivity index is 1.73. The molecule has 0 saturated heterocycles. The third-order valence-corrected chi connectivity index (χ3v) is 3.91. The summed E-state index contributed by atoms with van der Waals surface area (Å²) in [5, 5.41) is 14.4. The zero-order chi connectivity index (χ0) is 18.6. The summed E-state index contributed by atoms with van der Waals surface area (Å²) in [6.45, 7) is 6.57. The predicted molar refractivity (Wildman–Crippen MR) is 105 cm³/mol. The van der Waals surface area contributed by atoms with Gasteiger partial charge >= 0.3 is 0 Å². The van der Waals surface area contributed by atoms with Gasteiger partial charge in [-0.3, -0.25) is 0 Å². The van der Waals surface area contributed by atoms with E-state index in [2.05, 4.69) is 58.7 Å². The molecule has 6 heteroatoms. The van der Waals surface area contributed by atoms with Crippen molar-refractivity contribution in [2.45, 2.75) is 26.2 Å². The van der Waals surface area contributed by atoms with E-state index in [9.17, 15) is 0 Å². The molecule has 2 aromatic carbocycles. The molecule has 0 atom stereocenters. The van der Waals surface area contributed by atoms with E-state index < -0.39 is 0 Å². The van der Waals surface area contributed by atoms with Crippen molar-refractivity contribution in [3.63, 3.8) is 0 Å². The molecule has 0 aliphatic heterocycles. The smallest absolute Gasteiger partial charge is 0.249 e. The van der Waals surface area contributed by atoms with Gasteiger partial charge in [-0.2, -0.15) is 10.1 Å². The molecule has 1 heterocycles. The van der Waals surface area contributed by atoms with Crippen LogP contribution >= 0.6 is 0 Å². The molecule has 0 spiro atoms. The fourth-order valence-corrected chi connectivity index (χ4v) is 2.45. The summed E-state index contributed by atoms with van der Waals surface area (Å²) >= 11 is 0. The molecule has 0 radical (unpaired) electrons. The van der Waals surface area contributed by atoms with Crippen LogP contribution in [0, 0.1) is 0 Å². The average Bonchev–Trinajstić information content (AvgIpc) is 2.62. The zero-order valence-electron chi connectivity index (χ0n) is 15.4. The van der Waals surface area contributed by atoms with Gasteiger partial charge in [-0.15, -0.1) is 5.10 Å². The standard InChI is InChI=1S/C20H23N5O/c1-20(2,3)14-8-10-15(11-9-14)23-19-24-18(13-21-25-19)22-16-6-5-7-17(12-16)26-4/h5-13H,1-4H3,(H2,22,23,24,25). The lowest BCUT2D eigenvalue weighted by Crippen LogP contribution is -2.10. The molecule has 0 unspecified atom stereocenters. The molecule has 26 heavy (non-hydrogen) atoms. The van der Waals surface area contributed by atoms with Gasteiger partial charge in [0.1, 0.15) is 5.75 Å². The summed E-state index contributed by atoms with van der Waals surface area (Å²) in [6, 6.07) is 15.9. The second kappa shape index (κ2) is 7.39. The number of hydrogen-bond donors (Lipinski definition) is 2. The first-order chi connectivity index (χ1) is 12.4. The Hall–Kier alpha value is -3.15. The van der Waals surface area contributed by atoms with Gasteiger partial charge in [0, 0.05) is 17.4 Å². The van der Waals surface area contributed by atoms with E-state index in [4.69, 9.17) is 4.74 Å². The van der Waals surface area contributed by atoms with Crippen molar-refractivity contribution in [2.24, 2.45) is 0 Å². The maximum atomic E-state index is 5.23. The lowest BCUT2D eigenvalue weighted by Gasteiger charge is -2.19. The Kier molecular flexibility index (Phi) is 5.02. The van der Waals surface area contributed by atoms with Crippen LogP contribution in [0.2, 0.25) is 0 Å². The Morgan fingerprint density at radius 3 is 2.38 bits per heavy atom. The van der Waals surface area contributed by atoms with Crippen LogP contribution < -0.4 is 15.4 Å². The Bertz CT molecular complexity index is 872. The van der Waals surface area contributed by atoms with Crippen molar-refractivity contribution in [1.82, 2.24) is 15.2 Å². The number of rotatable bonds is 5. The van der Waals surface area contributed by atoms with Crippen molar-refractivity contribution in [3.05, 3.63) is 60.3 Å². The minimum absolute atomic E-state index is 0.122. The van der Waals surface area contributed by atoms with Crippen molar-refractivity contribution >= 4 is 23.1 Å². The molecule has 3 rings (SSSR count). The van der Waals surface area contributed by atoms with E-state index in [-0.39, 0.29) is 5.41 Å². The van der Waals surface area contributed by atoms with Gasteiger partial charge in [-0.1, -0.05) is 39.0 Å². The van der Waals surface area contributed by atoms with Gasteiger partial charge in [0.05, 0.1) is 13.3 Å². The molecule has 0 saturated carbocycles. The van der Waals surface area contributed by atoms with E-state index >= 15 is 0 Å². The van der Waals surface area contributed by atoms with Crippen LogP contribution in [0.3, 0.4) is 0 Å². The van der Waals surface area contributed by atoms with E-state index in [0.29, 0.717) is 11.8 Å². The first kappa shape index (κ1) is 17.7. The molecule has 3 aromatic rings. The molecule has 0 amide bonds. The molecule has 134 valence electrons. The van der Waals surface area contributed by atoms with Crippen LogP contribution in [0.25, 0.3) is 0 Å². The van der Waals surface area contributed by atoms with Gasteiger partial charge in [0.15, 0.2) is 5.82 Å². The topological polar surface area (TPSA) is 72.0 Å². The number of nitrogens with zero attached hydrogens (tertiary/aromatic N) is 3. The zero-order valence-corrected chi connectivity index (χ0v) is 15.4. The number of methoxy groups -OCH3 is 1. The lowest BCUT2D eigenvalue weighted by molar-refractivity contribution is 0.415. The summed E-state index contributed by atoms with van der Waals surface area (Å²) in [5.74, 6) is 1.80. The van der Waals surface area contributed by atoms with Crippen LogP contribution in [0.15, 0.2) is 54.7 Å². The van der Waals surface area contributed by atoms with Crippen LogP contribution in [0.5, 0.6) is 5.75 Å². The number of ether oxygens (including phenoxy) is 1. The second-order valence-electron chi connectivity index (χ2n) is 6.97. The third-order valence-electron chi connectivity index (χ3n) is 3.91. The van der Waals surface area contributed by atoms with Gasteiger partial charge in [0.2, 0.25) is 5.95 Å². The van der Waals surface area contributed by atoms with Gasteiger partial charge in [-0.05, 0) is 35.2 Å². The molecule has 6 nitrogen and oxygen atoms in total. The van der Waals surface area contributed by atoms with Crippen molar-refractivity contribution in [1.29, 1.82) is 0 Å². The Morgan fingerprint density at radius 1 is 0.923 bits per heavy atom. The van der Waals surface area contributed by atoms with E-state index in [1.165, 1.54) is 5.56 Å². The highest BCUT2D eigenvalue weighted by molar-refractivity contribution is 5.60. The summed E-state index contributed by atoms with van der Waals surface area (Å²) < 4.78 is 5.23. The number of anilines is 4. The summed E-state index contributed by atoms with van der Waals surface area (Å²) in [4.78, 5) is 4.45. The molecular weight excluding hydrogens is 326 g/mol. The largest absolute Gasteiger partial charge is 0.497 e. The minimum atomic E-state index is 0.122. The maximum Gasteiger partial charge on any atom is 0.249 e. The lowest BCUT2D eigenvalue weighted by atomic mass is 9.87. The summed E-state index contributed by atoms with van der Waals surface area (Å²) in [5.41, 5.74) is 3.18. The van der Waals surface area contributed by atoms with Gasteiger partial charge in [0.25, 0.3) is 0 Å². The summed E-state index contributed by atoms with van der Waals surface area (Å²) in [6.07, 6.45) is 1.58. The van der Waals surface area contributed by atoms with E-state index in [1.807, 2.05) is 36.4 Å². The molecular formula is C20H23N5O.